The first-order valence-corrected chi connectivity index (χ1v) is 9.47. The van der Waals surface area contributed by atoms with E-state index in [1.165, 1.54) is 35.7 Å². The Bertz CT molecular complexity index is 399. The van der Waals surface area contributed by atoms with Gasteiger partial charge in [-0.05, 0) is 52.7 Å². The average molecular weight is 360 g/mol. The molecule has 1 atom stereocenters. The minimum Gasteiger partial charge on any atom is -0.376 e. The van der Waals surface area contributed by atoms with Gasteiger partial charge in [-0.2, -0.15) is 11.3 Å². The van der Waals surface area contributed by atoms with Crippen LogP contribution in [0.25, 0.3) is 0 Å². The highest BCUT2D eigenvalue weighted by molar-refractivity contribution is 9.10. The Kier molecular flexibility index (Phi) is 6.53. The van der Waals surface area contributed by atoms with Crippen LogP contribution in [0.3, 0.4) is 0 Å². The molecule has 114 valence electrons. The maximum Gasteiger partial charge on any atom is 0.0873 e. The van der Waals surface area contributed by atoms with Gasteiger partial charge in [-0.1, -0.05) is 32.6 Å². The average Bonchev–Trinajstić information content (AvgIpc) is 2.75. The van der Waals surface area contributed by atoms with E-state index >= 15 is 0 Å². The fraction of sp³-hybridized carbons (Fsp3) is 0.750. The topological polar surface area (TPSA) is 21.3 Å². The lowest BCUT2D eigenvalue weighted by Crippen LogP contribution is -2.45. The van der Waals surface area contributed by atoms with E-state index in [0.717, 1.165) is 25.8 Å². The summed E-state index contributed by atoms with van der Waals surface area (Å²) in [5, 5.41) is 8.20. The van der Waals surface area contributed by atoms with E-state index in [2.05, 4.69) is 38.9 Å². The van der Waals surface area contributed by atoms with Crippen LogP contribution in [0.2, 0.25) is 0 Å². The lowest BCUT2D eigenvalue weighted by atomic mass is 9.83. The van der Waals surface area contributed by atoms with Gasteiger partial charge < -0.3 is 10.1 Å². The van der Waals surface area contributed by atoms with Crippen LogP contribution < -0.4 is 5.32 Å². The molecular formula is C16H26BrNOS. The summed E-state index contributed by atoms with van der Waals surface area (Å²) in [6.45, 7) is 3.26. The number of hydrogen-bond donors (Lipinski definition) is 1. The predicted molar refractivity (Wildman–Crippen MR) is 90.5 cm³/mol. The number of ether oxygens (including phenoxy) is 1. The first-order chi connectivity index (χ1) is 9.73. The third-order valence-electron chi connectivity index (χ3n) is 4.43. The summed E-state index contributed by atoms with van der Waals surface area (Å²) in [6.07, 6.45) is 8.71. The van der Waals surface area contributed by atoms with Crippen molar-refractivity contribution in [2.24, 2.45) is 0 Å². The standard InChI is InChI=1S/C16H26BrNOS/c1-3-10-18-15(13-11-20-12-14(13)17)16(19-2)8-6-4-5-7-9-16/h11-12,15,18H,3-10H2,1-2H3. The van der Waals surface area contributed by atoms with Crippen LogP contribution in [-0.2, 0) is 4.74 Å². The molecule has 1 aromatic rings. The number of thiophene rings is 1. The van der Waals surface area contributed by atoms with Gasteiger partial charge in [0.2, 0.25) is 0 Å². The molecule has 1 fully saturated rings. The summed E-state index contributed by atoms with van der Waals surface area (Å²) in [5.41, 5.74) is 1.32. The van der Waals surface area contributed by atoms with E-state index in [1.807, 2.05) is 7.11 Å². The van der Waals surface area contributed by atoms with E-state index in [-0.39, 0.29) is 5.60 Å². The molecule has 2 nitrogen and oxygen atoms in total. The van der Waals surface area contributed by atoms with E-state index in [1.54, 1.807) is 11.3 Å². The Morgan fingerprint density at radius 2 is 2.00 bits per heavy atom. The van der Waals surface area contributed by atoms with Gasteiger partial charge in [0.15, 0.2) is 0 Å². The molecule has 1 N–H and O–H groups in total. The Morgan fingerprint density at radius 3 is 2.50 bits per heavy atom. The molecule has 0 aliphatic heterocycles. The minimum atomic E-state index is -0.0464. The van der Waals surface area contributed by atoms with Gasteiger partial charge >= 0.3 is 0 Å². The summed E-state index contributed by atoms with van der Waals surface area (Å²) in [4.78, 5) is 0. The van der Waals surface area contributed by atoms with E-state index in [4.69, 9.17) is 4.74 Å². The first-order valence-electron chi connectivity index (χ1n) is 7.73. The maximum absolute atomic E-state index is 6.12. The maximum atomic E-state index is 6.12. The fourth-order valence-corrected chi connectivity index (χ4v) is 4.85. The molecule has 1 unspecified atom stereocenters. The second-order valence-electron chi connectivity index (χ2n) is 5.75. The molecule has 4 heteroatoms. The van der Waals surface area contributed by atoms with E-state index in [9.17, 15) is 0 Å². The zero-order chi connectivity index (χ0) is 14.4. The van der Waals surface area contributed by atoms with Crippen LogP contribution in [0.15, 0.2) is 15.2 Å². The molecule has 1 saturated carbocycles. The van der Waals surface area contributed by atoms with Crippen molar-refractivity contribution in [2.75, 3.05) is 13.7 Å². The van der Waals surface area contributed by atoms with Gasteiger partial charge in [-0.3, -0.25) is 0 Å². The molecule has 1 aromatic heterocycles. The van der Waals surface area contributed by atoms with Crippen molar-refractivity contribution in [3.63, 3.8) is 0 Å². The SMILES string of the molecule is CCCNC(c1cscc1Br)C1(OC)CCCCCC1. The molecule has 2 rings (SSSR count). The molecule has 20 heavy (non-hydrogen) atoms. The highest BCUT2D eigenvalue weighted by Gasteiger charge is 2.40. The Morgan fingerprint density at radius 1 is 1.30 bits per heavy atom. The Hall–Kier alpha value is 0.1000. The van der Waals surface area contributed by atoms with Crippen LogP contribution >= 0.6 is 27.3 Å². The van der Waals surface area contributed by atoms with Gasteiger partial charge in [0.05, 0.1) is 11.6 Å². The zero-order valence-corrected chi connectivity index (χ0v) is 15.0. The second kappa shape index (κ2) is 7.92. The molecule has 1 aliphatic rings. The quantitative estimate of drug-likeness (QED) is 0.696. The van der Waals surface area contributed by atoms with Crippen molar-refractivity contribution >= 4 is 27.3 Å². The number of methoxy groups -OCH3 is 1. The van der Waals surface area contributed by atoms with Crippen molar-refractivity contribution < 1.29 is 4.74 Å². The third kappa shape index (κ3) is 3.65. The molecule has 0 saturated heterocycles. The molecule has 0 amide bonds. The number of hydrogen-bond acceptors (Lipinski definition) is 3. The normalized spacial score (nSPS) is 20.6. The summed E-state index contributed by atoms with van der Waals surface area (Å²) in [5.74, 6) is 0. The molecule has 1 heterocycles. The number of nitrogens with one attached hydrogen (secondary N) is 1. The molecule has 1 aliphatic carbocycles. The summed E-state index contributed by atoms with van der Waals surface area (Å²) in [7, 11) is 1.90. The Labute approximate surface area is 135 Å². The van der Waals surface area contributed by atoms with Crippen LogP contribution in [0.4, 0.5) is 0 Å². The van der Waals surface area contributed by atoms with Gasteiger partial charge in [0.1, 0.15) is 0 Å². The minimum absolute atomic E-state index is 0.0464. The van der Waals surface area contributed by atoms with Crippen LogP contribution in [0.5, 0.6) is 0 Å². The number of halogens is 1. The monoisotopic (exact) mass is 359 g/mol. The second-order valence-corrected chi connectivity index (χ2v) is 7.34. The van der Waals surface area contributed by atoms with E-state index < -0.39 is 0 Å². The third-order valence-corrected chi connectivity index (χ3v) is 6.19. The molecule has 0 radical (unpaired) electrons. The van der Waals surface area contributed by atoms with Gasteiger partial charge in [-0.25, -0.2) is 0 Å². The van der Waals surface area contributed by atoms with Gasteiger partial charge in [0, 0.05) is 17.0 Å². The largest absolute Gasteiger partial charge is 0.376 e. The van der Waals surface area contributed by atoms with Crippen molar-refractivity contribution in [3.8, 4) is 0 Å². The predicted octanol–water partition coefficient (Wildman–Crippen LogP) is 5.29. The lowest BCUT2D eigenvalue weighted by molar-refractivity contribution is -0.0540. The summed E-state index contributed by atoms with van der Waals surface area (Å²) < 4.78 is 7.34. The molecule has 0 aromatic carbocycles. The zero-order valence-electron chi connectivity index (χ0n) is 12.6. The molecular weight excluding hydrogens is 334 g/mol. The smallest absolute Gasteiger partial charge is 0.0873 e. The van der Waals surface area contributed by atoms with Crippen molar-refractivity contribution in [1.82, 2.24) is 5.32 Å². The van der Waals surface area contributed by atoms with Crippen LogP contribution in [-0.4, -0.2) is 19.3 Å². The summed E-state index contributed by atoms with van der Waals surface area (Å²) >= 11 is 5.48. The van der Waals surface area contributed by atoms with Crippen molar-refractivity contribution in [2.45, 2.75) is 63.5 Å². The highest BCUT2D eigenvalue weighted by atomic mass is 79.9. The molecule has 0 spiro atoms. The van der Waals surface area contributed by atoms with Crippen molar-refractivity contribution in [1.29, 1.82) is 0 Å². The number of rotatable bonds is 6. The highest BCUT2D eigenvalue weighted by Crippen LogP contribution is 2.43. The Balaban J connectivity index is 2.29. The van der Waals surface area contributed by atoms with Gasteiger partial charge in [-0.15, -0.1) is 0 Å². The molecule has 0 bridgehead atoms. The van der Waals surface area contributed by atoms with Crippen LogP contribution in [0, 0.1) is 0 Å². The fourth-order valence-electron chi connectivity index (χ4n) is 3.30. The summed E-state index contributed by atoms with van der Waals surface area (Å²) in [6, 6.07) is 0.297. The van der Waals surface area contributed by atoms with Crippen molar-refractivity contribution in [3.05, 3.63) is 20.8 Å². The lowest BCUT2D eigenvalue weighted by Gasteiger charge is -2.40. The van der Waals surface area contributed by atoms with Crippen LogP contribution in [0.1, 0.15) is 63.5 Å². The van der Waals surface area contributed by atoms with Gasteiger partial charge in [0.25, 0.3) is 0 Å². The van der Waals surface area contributed by atoms with E-state index in [0.29, 0.717) is 6.04 Å². The first kappa shape index (κ1) is 16.5.